The van der Waals surface area contributed by atoms with E-state index in [9.17, 15) is 14.0 Å². The summed E-state index contributed by atoms with van der Waals surface area (Å²) in [6.45, 7) is 3.64. The molecular weight excluding hydrogens is 536 g/mol. The van der Waals surface area contributed by atoms with Crippen molar-refractivity contribution in [1.82, 2.24) is 15.1 Å². The van der Waals surface area contributed by atoms with Gasteiger partial charge in [0.05, 0.1) is 16.4 Å². The number of allylic oxidation sites excluding steroid dienone is 1. The number of fused-ring (bicyclic) bond motifs is 1. The number of rotatable bonds is 6. The Morgan fingerprint density at radius 1 is 1.08 bits per heavy atom. The summed E-state index contributed by atoms with van der Waals surface area (Å²) in [6.07, 6.45) is 8.61. The second-order valence-electron chi connectivity index (χ2n) is 10.8. The third-order valence-electron chi connectivity index (χ3n) is 8.06. The van der Waals surface area contributed by atoms with Crippen molar-refractivity contribution >= 4 is 46.5 Å². The monoisotopic (exact) mass is 567 g/mol. The number of nitrogens with zero attached hydrogens (tertiary/aromatic N) is 2. The van der Waals surface area contributed by atoms with E-state index in [2.05, 4.69) is 12.2 Å². The van der Waals surface area contributed by atoms with E-state index in [1.165, 1.54) is 31.4 Å². The van der Waals surface area contributed by atoms with E-state index in [1.54, 1.807) is 41.9 Å². The molecule has 1 aromatic heterocycles. The Morgan fingerprint density at radius 2 is 1.79 bits per heavy atom. The van der Waals surface area contributed by atoms with E-state index < -0.39 is 0 Å². The smallest absolute Gasteiger partial charge is 0.272 e. The molecule has 204 valence electrons. The van der Waals surface area contributed by atoms with Gasteiger partial charge in [-0.15, -0.1) is 0 Å². The molecule has 1 N–H and O–H groups in total. The largest absolute Gasteiger partial charge is 0.348 e. The molecule has 1 fully saturated rings. The number of hydrogen-bond donors (Lipinski definition) is 1. The van der Waals surface area contributed by atoms with Gasteiger partial charge >= 0.3 is 0 Å². The fourth-order valence-corrected chi connectivity index (χ4v) is 6.35. The predicted octanol–water partition coefficient (Wildman–Crippen LogP) is 7.71. The molecule has 1 heterocycles. The topological polar surface area (TPSA) is 64.0 Å². The summed E-state index contributed by atoms with van der Waals surface area (Å²) in [4.78, 5) is 26.4. The molecule has 5 rings (SSSR count). The molecule has 0 spiro atoms. The van der Waals surface area contributed by atoms with Crippen LogP contribution in [0.15, 0.2) is 42.5 Å². The molecule has 2 atom stereocenters. The Bertz CT molecular complexity index is 1420. The highest BCUT2D eigenvalue weighted by atomic mass is 35.5. The second-order valence-corrected chi connectivity index (χ2v) is 11.6. The molecule has 39 heavy (non-hydrogen) atoms. The van der Waals surface area contributed by atoms with Gasteiger partial charge in [0.1, 0.15) is 11.6 Å². The van der Waals surface area contributed by atoms with Gasteiger partial charge in [-0.25, -0.2) is 9.07 Å². The Morgan fingerprint density at radius 3 is 2.46 bits per heavy atom. The first-order chi connectivity index (χ1) is 18.7. The molecule has 5 nitrogen and oxygen atoms in total. The number of carbonyl (C=O) groups is 2. The standard InChI is InChI=1S/C31H32Cl2FN3O2/c1-18(21-6-4-3-5-7-21)35-31(39)29-26-16-22(19(2)38)15-23(14-20-8-11-25(34)12-9-20)30(26)37(36-29)28-13-10-24(32)17-27(28)33/h8-14,17-18,21-22H,3-7,15-16H2,1-2H3,(H,35,39)/b23-14+/t18-,22?/m1/s1. The highest BCUT2D eigenvalue weighted by molar-refractivity contribution is 6.35. The van der Waals surface area contributed by atoms with Crippen LogP contribution < -0.4 is 5.32 Å². The zero-order valence-electron chi connectivity index (χ0n) is 22.1. The van der Waals surface area contributed by atoms with Gasteiger partial charge in [-0.3, -0.25) is 9.59 Å². The van der Waals surface area contributed by atoms with Crippen LogP contribution in [-0.2, 0) is 11.2 Å². The molecule has 0 bridgehead atoms. The van der Waals surface area contributed by atoms with Crippen molar-refractivity contribution in [3.05, 3.63) is 80.8 Å². The third-order valence-corrected chi connectivity index (χ3v) is 8.60. The number of aromatic nitrogens is 2. The van der Waals surface area contributed by atoms with Gasteiger partial charge in [0.25, 0.3) is 5.91 Å². The predicted molar refractivity (Wildman–Crippen MR) is 154 cm³/mol. The molecule has 0 aliphatic heterocycles. The zero-order chi connectivity index (χ0) is 27.7. The van der Waals surface area contributed by atoms with Gasteiger partial charge in [-0.1, -0.05) is 54.6 Å². The highest BCUT2D eigenvalue weighted by Gasteiger charge is 2.35. The van der Waals surface area contributed by atoms with E-state index in [-0.39, 0.29) is 29.5 Å². The molecule has 1 saturated carbocycles. The minimum absolute atomic E-state index is 0.0131. The lowest BCUT2D eigenvalue weighted by Gasteiger charge is -2.28. The summed E-state index contributed by atoms with van der Waals surface area (Å²) in [5.41, 5.74) is 3.96. The maximum atomic E-state index is 13.7. The molecule has 3 aromatic rings. The van der Waals surface area contributed by atoms with E-state index >= 15 is 0 Å². The summed E-state index contributed by atoms with van der Waals surface area (Å²) in [5.74, 6) is -0.398. The Labute approximate surface area is 238 Å². The van der Waals surface area contributed by atoms with Crippen molar-refractivity contribution < 1.29 is 14.0 Å². The van der Waals surface area contributed by atoms with Crippen LogP contribution in [0.2, 0.25) is 10.0 Å². The summed E-state index contributed by atoms with van der Waals surface area (Å²) in [7, 11) is 0. The highest BCUT2D eigenvalue weighted by Crippen LogP contribution is 2.40. The van der Waals surface area contributed by atoms with Gasteiger partial charge in [-0.2, -0.15) is 5.10 Å². The number of benzene rings is 2. The van der Waals surface area contributed by atoms with Crippen molar-refractivity contribution in [2.45, 2.75) is 64.8 Å². The SMILES string of the molecule is CC(=O)C1C/C(=C\c2ccc(F)cc2)c2c(c(C(=O)N[C@H](C)C3CCCCC3)nn2-c2ccc(Cl)cc2Cl)C1. The Balaban J connectivity index is 1.64. The molecular formula is C31H32Cl2FN3O2. The van der Waals surface area contributed by atoms with Crippen LogP contribution in [0.3, 0.4) is 0 Å². The molecule has 1 unspecified atom stereocenters. The Hall–Kier alpha value is -2.96. The summed E-state index contributed by atoms with van der Waals surface area (Å²) >= 11 is 12.8. The van der Waals surface area contributed by atoms with Gasteiger partial charge in [0.2, 0.25) is 0 Å². The van der Waals surface area contributed by atoms with Crippen LogP contribution in [0.5, 0.6) is 0 Å². The number of carbonyl (C=O) groups excluding carboxylic acids is 2. The van der Waals surface area contributed by atoms with Gasteiger partial charge in [0.15, 0.2) is 5.69 Å². The average molecular weight is 569 g/mol. The molecule has 2 aliphatic carbocycles. The number of ketones is 1. The third kappa shape index (κ3) is 5.97. The fourth-order valence-electron chi connectivity index (χ4n) is 5.87. The quantitative estimate of drug-likeness (QED) is 0.331. The summed E-state index contributed by atoms with van der Waals surface area (Å²) in [6, 6.07) is 11.3. The number of halogens is 3. The zero-order valence-corrected chi connectivity index (χ0v) is 23.7. The normalized spacial score (nSPS) is 19.5. The summed E-state index contributed by atoms with van der Waals surface area (Å²) in [5, 5.41) is 8.90. The molecule has 2 aliphatic rings. The fraction of sp³-hybridized carbons (Fsp3) is 0.387. The van der Waals surface area contributed by atoms with Crippen LogP contribution >= 0.6 is 23.2 Å². The minimum Gasteiger partial charge on any atom is -0.348 e. The van der Waals surface area contributed by atoms with E-state index in [0.717, 1.165) is 29.7 Å². The van der Waals surface area contributed by atoms with Crippen molar-refractivity contribution in [2.75, 3.05) is 0 Å². The van der Waals surface area contributed by atoms with Crippen molar-refractivity contribution in [2.24, 2.45) is 11.8 Å². The first kappa shape index (κ1) is 27.6. The lowest BCUT2D eigenvalue weighted by molar-refractivity contribution is -0.120. The molecule has 0 radical (unpaired) electrons. The van der Waals surface area contributed by atoms with Crippen LogP contribution in [0.4, 0.5) is 4.39 Å². The van der Waals surface area contributed by atoms with Crippen LogP contribution in [0.25, 0.3) is 17.3 Å². The second kappa shape index (κ2) is 11.6. The lowest BCUT2D eigenvalue weighted by atomic mass is 9.80. The first-order valence-corrected chi connectivity index (χ1v) is 14.3. The number of amides is 1. The van der Waals surface area contributed by atoms with Crippen molar-refractivity contribution in [3.63, 3.8) is 0 Å². The molecule has 0 saturated heterocycles. The Kier molecular flexibility index (Phi) is 8.24. The maximum absolute atomic E-state index is 13.7. The minimum atomic E-state index is -0.327. The van der Waals surface area contributed by atoms with Crippen LogP contribution in [0, 0.1) is 17.7 Å². The van der Waals surface area contributed by atoms with Gasteiger partial charge in [-0.05, 0) is 93.0 Å². The van der Waals surface area contributed by atoms with E-state index in [4.69, 9.17) is 28.3 Å². The number of Topliss-reactive ketones (excluding diaryl/α,β-unsaturated/α-hetero) is 1. The van der Waals surface area contributed by atoms with Crippen molar-refractivity contribution in [3.8, 4) is 5.69 Å². The first-order valence-electron chi connectivity index (χ1n) is 13.6. The van der Waals surface area contributed by atoms with Crippen LogP contribution in [0.1, 0.15) is 79.7 Å². The molecule has 8 heteroatoms. The van der Waals surface area contributed by atoms with Crippen molar-refractivity contribution in [1.29, 1.82) is 0 Å². The molecule has 1 amide bonds. The van der Waals surface area contributed by atoms with E-state index in [1.807, 2.05) is 6.08 Å². The van der Waals surface area contributed by atoms with Crippen LogP contribution in [-0.4, -0.2) is 27.5 Å². The number of nitrogens with one attached hydrogen (secondary N) is 1. The summed E-state index contributed by atoms with van der Waals surface area (Å²) < 4.78 is 15.3. The average Bonchev–Trinajstić information content (AvgIpc) is 3.30. The molecule has 2 aromatic carbocycles. The van der Waals surface area contributed by atoms with E-state index in [0.29, 0.717) is 45.7 Å². The lowest BCUT2D eigenvalue weighted by Crippen LogP contribution is -2.39. The number of hydrogen-bond acceptors (Lipinski definition) is 3. The van der Waals surface area contributed by atoms with Gasteiger partial charge < -0.3 is 5.32 Å². The van der Waals surface area contributed by atoms with Gasteiger partial charge in [0, 0.05) is 22.5 Å². The maximum Gasteiger partial charge on any atom is 0.272 e.